The highest BCUT2D eigenvalue weighted by atomic mass is 35.5. The number of carbonyl (C=O) groups excluding carboxylic acids is 2. The van der Waals surface area contributed by atoms with E-state index < -0.39 is 0 Å². The topological polar surface area (TPSA) is 65.5 Å². The Morgan fingerprint density at radius 2 is 1.67 bits per heavy atom. The number of hydrogen-bond acceptors (Lipinski definition) is 5. The molecule has 1 N–H and O–H groups in total. The molecule has 1 fully saturated rings. The van der Waals surface area contributed by atoms with Crippen LogP contribution in [0.25, 0.3) is 0 Å². The first-order valence-corrected chi connectivity index (χ1v) is 10.6. The standard InChI is InChI=1S/C21H18ClFN4O2S/c22-15-3-1-14(2-4-15)19(28)25-21-24-18(13-30-21)20(29)27-11-9-26(10-12-27)17-7-5-16(23)6-8-17/h1-8,13H,9-12H2,(H,24,25,28). The highest BCUT2D eigenvalue weighted by Crippen LogP contribution is 2.21. The molecule has 30 heavy (non-hydrogen) atoms. The summed E-state index contributed by atoms with van der Waals surface area (Å²) in [5.74, 6) is -0.750. The van der Waals surface area contributed by atoms with Gasteiger partial charge in [0.1, 0.15) is 11.5 Å². The first-order valence-electron chi connectivity index (χ1n) is 9.32. The molecule has 1 saturated heterocycles. The number of nitrogens with one attached hydrogen (secondary N) is 1. The zero-order valence-electron chi connectivity index (χ0n) is 15.8. The molecule has 2 aromatic carbocycles. The molecule has 0 aliphatic carbocycles. The van der Waals surface area contributed by atoms with Crippen LogP contribution in [0.5, 0.6) is 0 Å². The molecular weight excluding hydrogens is 427 g/mol. The van der Waals surface area contributed by atoms with Gasteiger partial charge in [0.05, 0.1) is 0 Å². The summed E-state index contributed by atoms with van der Waals surface area (Å²) < 4.78 is 13.1. The molecule has 2 heterocycles. The fourth-order valence-electron chi connectivity index (χ4n) is 3.18. The SMILES string of the molecule is O=C(Nc1nc(C(=O)N2CCN(c3ccc(F)cc3)CC2)cs1)c1ccc(Cl)cc1. The quantitative estimate of drug-likeness (QED) is 0.656. The van der Waals surface area contributed by atoms with Crippen molar-refractivity contribution in [3.63, 3.8) is 0 Å². The number of hydrogen-bond donors (Lipinski definition) is 1. The van der Waals surface area contributed by atoms with Crippen LogP contribution in [0, 0.1) is 5.82 Å². The summed E-state index contributed by atoms with van der Waals surface area (Å²) in [7, 11) is 0. The van der Waals surface area contributed by atoms with Gasteiger partial charge in [0.25, 0.3) is 11.8 Å². The fourth-order valence-corrected chi connectivity index (χ4v) is 3.99. The number of aromatic nitrogens is 1. The number of rotatable bonds is 4. The van der Waals surface area contributed by atoms with Crippen molar-refractivity contribution in [2.24, 2.45) is 0 Å². The Morgan fingerprint density at radius 3 is 2.33 bits per heavy atom. The normalized spacial score (nSPS) is 13.9. The lowest BCUT2D eigenvalue weighted by Gasteiger charge is -2.35. The van der Waals surface area contributed by atoms with Gasteiger partial charge in [-0.25, -0.2) is 9.37 Å². The number of amides is 2. The number of nitrogens with zero attached hydrogens (tertiary/aromatic N) is 3. The lowest BCUT2D eigenvalue weighted by Crippen LogP contribution is -2.48. The summed E-state index contributed by atoms with van der Waals surface area (Å²) in [4.78, 5) is 33.2. The zero-order valence-corrected chi connectivity index (χ0v) is 17.4. The van der Waals surface area contributed by atoms with E-state index in [1.165, 1.54) is 23.5 Å². The molecule has 0 bridgehead atoms. The molecule has 0 saturated carbocycles. The summed E-state index contributed by atoms with van der Waals surface area (Å²) in [5, 5.41) is 5.26. The first kappa shape index (κ1) is 20.3. The largest absolute Gasteiger partial charge is 0.368 e. The molecule has 6 nitrogen and oxygen atoms in total. The van der Waals surface area contributed by atoms with Gasteiger partial charge in [-0.2, -0.15) is 0 Å². The highest BCUT2D eigenvalue weighted by Gasteiger charge is 2.24. The Kier molecular flexibility index (Phi) is 5.96. The first-order chi connectivity index (χ1) is 14.5. The lowest BCUT2D eigenvalue weighted by atomic mass is 10.2. The van der Waals surface area contributed by atoms with Crippen LogP contribution in [-0.4, -0.2) is 47.9 Å². The lowest BCUT2D eigenvalue weighted by molar-refractivity contribution is 0.0741. The minimum Gasteiger partial charge on any atom is -0.368 e. The Morgan fingerprint density at radius 1 is 1.00 bits per heavy atom. The number of carbonyl (C=O) groups is 2. The number of thiazole rings is 1. The van der Waals surface area contributed by atoms with Gasteiger partial charge in [0.15, 0.2) is 5.13 Å². The third-order valence-electron chi connectivity index (χ3n) is 4.81. The predicted molar refractivity (Wildman–Crippen MR) is 116 cm³/mol. The van der Waals surface area contributed by atoms with Crippen molar-refractivity contribution >= 4 is 45.6 Å². The third kappa shape index (κ3) is 4.60. The van der Waals surface area contributed by atoms with Crippen LogP contribution in [0.1, 0.15) is 20.8 Å². The summed E-state index contributed by atoms with van der Waals surface area (Å²) in [6, 6.07) is 12.9. The molecule has 4 rings (SSSR count). The Hall–Kier alpha value is -2.97. The van der Waals surface area contributed by atoms with E-state index >= 15 is 0 Å². The number of piperazine rings is 1. The maximum atomic E-state index is 13.1. The van der Waals surface area contributed by atoms with Crippen molar-refractivity contribution < 1.29 is 14.0 Å². The third-order valence-corrected chi connectivity index (χ3v) is 5.82. The van der Waals surface area contributed by atoms with E-state index in [0.29, 0.717) is 47.6 Å². The van der Waals surface area contributed by atoms with E-state index in [9.17, 15) is 14.0 Å². The van der Waals surface area contributed by atoms with E-state index in [1.807, 2.05) is 0 Å². The minimum atomic E-state index is -0.312. The van der Waals surface area contributed by atoms with Gasteiger partial charge in [-0.05, 0) is 48.5 Å². The van der Waals surface area contributed by atoms with E-state index in [1.54, 1.807) is 46.7 Å². The number of anilines is 2. The highest BCUT2D eigenvalue weighted by molar-refractivity contribution is 7.14. The molecule has 2 amide bonds. The summed E-state index contributed by atoms with van der Waals surface area (Å²) in [6.07, 6.45) is 0. The minimum absolute atomic E-state index is 0.169. The number of halogens is 2. The Bertz CT molecular complexity index is 1050. The molecule has 1 aliphatic rings. The van der Waals surface area contributed by atoms with E-state index in [-0.39, 0.29) is 17.6 Å². The van der Waals surface area contributed by atoms with Crippen LogP contribution in [0.15, 0.2) is 53.9 Å². The Balaban J connectivity index is 1.34. The molecule has 0 atom stereocenters. The van der Waals surface area contributed by atoms with E-state index in [0.717, 1.165) is 5.69 Å². The van der Waals surface area contributed by atoms with E-state index in [2.05, 4.69) is 15.2 Å². The Labute approximate surface area is 181 Å². The van der Waals surface area contributed by atoms with Crippen LogP contribution in [0.2, 0.25) is 5.02 Å². The predicted octanol–water partition coefficient (Wildman–Crippen LogP) is 4.15. The van der Waals surface area contributed by atoms with Crippen molar-refractivity contribution in [3.8, 4) is 0 Å². The average Bonchev–Trinajstić information content (AvgIpc) is 3.23. The van der Waals surface area contributed by atoms with Gasteiger partial charge in [-0.15, -0.1) is 11.3 Å². The molecule has 1 aromatic heterocycles. The molecule has 154 valence electrons. The van der Waals surface area contributed by atoms with Crippen LogP contribution < -0.4 is 10.2 Å². The molecule has 1 aliphatic heterocycles. The van der Waals surface area contributed by atoms with Crippen molar-refractivity contribution in [1.82, 2.24) is 9.88 Å². The second-order valence-electron chi connectivity index (χ2n) is 6.75. The van der Waals surface area contributed by atoms with Crippen molar-refractivity contribution in [1.29, 1.82) is 0 Å². The van der Waals surface area contributed by atoms with Crippen LogP contribution in [0.3, 0.4) is 0 Å². The van der Waals surface area contributed by atoms with E-state index in [4.69, 9.17) is 11.6 Å². The molecular formula is C21H18ClFN4O2S. The summed E-state index contributed by atoms with van der Waals surface area (Å²) >= 11 is 7.04. The maximum absolute atomic E-state index is 13.1. The van der Waals surface area contributed by atoms with Crippen LogP contribution in [0.4, 0.5) is 15.2 Å². The van der Waals surface area contributed by atoms with Crippen molar-refractivity contribution in [3.05, 3.63) is 76.0 Å². The average molecular weight is 445 g/mol. The van der Waals surface area contributed by atoms with Gasteiger partial charge in [0.2, 0.25) is 0 Å². The summed E-state index contributed by atoms with van der Waals surface area (Å²) in [5.41, 5.74) is 1.70. The molecule has 0 unspecified atom stereocenters. The van der Waals surface area contributed by atoms with Gasteiger partial charge in [-0.3, -0.25) is 14.9 Å². The van der Waals surface area contributed by atoms with Gasteiger partial charge < -0.3 is 9.80 Å². The van der Waals surface area contributed by atoms with Crippen LogP contribution in [-0.2, 0) is 0 Å². The van der Waals surface area contributed by atoms with Crippen molar-refractivity contribution in [2.45, 2.75) is 0 Å². The van der Waals surface area contributed by atoms with Crippen LogP contribution >= 0.6 is 22.9 Å². The molecule has 0 spiro atoms. The van der Waals surface area contributed by atoms with Gasteiger partial charge in [0, 0.05) is 47.8 Å². The van der Waals surface area contributed by atoms with Crippen molar-refractivity contribution in [2.75, 3.05) is 36.4 Å². The van der Waals surface area contributed by atoms with Gasteiger partial charge >= 0.3 is 0 Å². The second-order valence-corrected chi connectivity index (χ2v) is 8.05. The van der Waals surface area contributed by atoms with Gasteiger partial charge in [-0.1, -0.05) is 11.6 Å². The molecule has 0 radical (unpaired) electrons. The zero-order chi connectivity index (χ0) is 21.1. The summed E-state index contributed by atoms with van der Waals surface area (Å²) in [6.45, 7) is 2.39. The molecule has 3 aromatic rings. The number of benzene rings is 2. The smallest absolute Gasteiger partial charge is 0.273 e. The molecule has 9 heteroatoms. The maximum Gasteiger partial charge on any atom is 0.273 e. The monoisotopic (exact) mass is 444 g/mol. The second kappa shape index (κ2) is 8.81. The fraction of sp³-hybridized carbons (Fsp3) is 0.190.